The Bertz CT molecular complexity index is 260. The Hall–Kier alpha value is -0.553. The fraction of sp³-hybridized carbons (Fsp3) is 0.909. The van der Waals surface area contributed by atoms with Gasteiger partial charge in [0.05, 0.1) is 13.2 Å². The normalized spacial score (nSPS) is 17.8. The highest BCUT2D eigenvalue weighted by molar-refractivity contribution is 6.74. The van der Waals surface area contributed by atoms with Gasteiger partial charge in [-0.05, 0) is 18.1 Å². The molecule has 0 atom stereocenters. The van der Waals surface area contributed by atoms with Crippen molar-refractivity contribution < 1.29 is 14.0 Å². The van der Waals surface area contributed by atoms with Crippen LogP contribution >= 0.6 is 0 Å². The first-order valence-corrected chi connectivity index (χ1v) is 8.70. The summed E-state index contributed by atoms with van der Waals surface area (Å²) >= 11 is 0. The molecule has 0 radical (unpaired) electrons. The maximum absolute atomic E-state index is 11.2. The zero-order valence-electron chi connectivity index (χ0n) is 11.0. The van der Waals surface area contributed by atoms with Gasteiger partial charge in [-0.15, -0.1) is 0 Å². The van der Waals surface area contributed by atoms with Crippen molar-refractivity contribution in [1.29, 1.82) is 0 Å². The Morgan fingerprint density at radius 3 is 2.50 bits per heavy atom. The molecule has 5 heteroatoms. The molecule has 1 heterocycles. The standard InChI is InChI=1S/C11H23NO3Si/c1-11(2,3)16(4,5)15-9-7-12-6-8-14-10(12)13/h6-9H2,1-5H3. The Morgan fingerprint density at radius 1 is 1.44 bits per heavy atom. The number of amides is 1. The van der Waals surface area contributed by atoms with E-state index in [4.69, 9.17) is 9.16 Å². The monoisotopic (exact) mass is 245 g/mol. The maximum Gasteiger partial charge on any atom is 0.410 e. The Labute approximate surface area is 99.0 Å². The van der Waals surface area contributed by atoms with Gasteiger partial charge >= 0.3 is 6.09 Å². The molecule has 0 saturated carbocycles. The van der Waals surface area contributed by atoms with E-state index in [1.54, 1.807) is 4.90 Å². The third-order valence-corrected chi connectivity index (χ3v) is 8.01. The largest absolute Gasteiger partial charge is 0.448 e. The molecule has 1 amide bonds. The van der Waals surface area contributed by atoms with Crippen molar-refractivity contribution in [3.8, 4) is 0 Å². The van der Waals surface area contributed by atoms with Gasteiger partial charge in [-0.3, -0.25) is 0 Å². The zero-order valence-corrected chi connectivity index (χ0v) is 12.0. The molecule has 4 nitrogen and oxygen atoms in total. The van der Waals surface area contributed by atoms with E-state index in [-0.39, 0.29) is 11.1 Å². The summed E-state index contributed by atoms with van der Waals surface area (Å²) in [7, 11) is -1.68. The number of cyclic esters (lactones) is 1. The summed E-state index contributed by atoms with van der Waals surface area (Å²) in [5.74, 6) is 0. The van der Waals surface area contributed by atoms with Crippen LogP contribution in [0.3, 0.4) is 0 Å². The Morgan fingerprint density at radius 2 is 2.06 bits per heavy atom. The van der Waals surface area contributed by atoms with Gasteiger partial charge in [0.1, 0.15) is 6.61 Å². The Kier molecular flexibility index (Phi) is 4.01. The average molecular weight is 245 g/mol. The first kappa shape index (κ1) is 13.5. The third-order valence-electron chi connectivity index (χ3n) is 3.48. The van der Waals surface area contributed by atoms with E-state index >= 15 is 0 Å². The molecular weight excluding hydrogens is 222 g/mol. The van der Waals surface area contributed by atoms with Gasteiger partial charge in [-0.1, -0.05) is 20.8 Å². The van der Waals surface area contributed by atoms with Crippen molar-refractivity contribution in [2.75, 3.05) is 26.3 Å². The molecule has 1 aliphatic rings. The molecule has 0 aromatic carbocycles. The van der Waals surface area contributed by atoms with Gasteiger partial charge < -0.3 is 14.1 Å². The highest BCUT2D eigenvalue weighted by Gasteiger charge is 2.37. The van der Waals surface area contributed by atoms with E-state index in [1.807, 2.05) is 0 Å². The van der Waals surface area contributed by atoms with Crippen LogP contribution in [0.5, 0.6) is 0 Å². The first-order chi connectivity index (χ1) is 7.24. The van der Waals surface area contributed by atoms with E-state index in [0.29, 0.717) is 26.3 Å². The molecule has 0 aliphatic carbocycles. The summed E-state index contributed by atoms with van der Waals surface area (Å²) in [6.07, 6.45) is -0.209. The van der Waals surface area contributed by atoms with E-state index in [2.05, 4.69) is 33.9 Å². The zero-order chi connectivity index (χ0) is 12.4. The van der Waals surface area contributed by atoms with E-state index in [9.17, 15) is 4.79 Å². The number of carbonyl (C=O) groups excluding carboxylic acids is 1. The van der Waals surface area contributed by atoms with E-state index in [0.717, 1.165) is 0 Å². The number of carbonyl (C=O) groups is 1. The summed E-state index contributed by atoms with van der Waals surface area (Å²) in [4.78, 5) is 12.9. The summed E-state index contributed by atoms with van der Waals surface area (Å²) in [6, 6.07) is 0. The topological polar surface area (TPSA) is 38.8 Å². The number of ether oxygens (including phenoxy) is 1. The van der Waals surface area contributed by atoms with Crippen LogP contribution in [0.25, 0.3) is 0 Å². The molecular formula is C11H23NO3Si. The Balaban J connectivity index is 2.32. The molecule has 1 fully saturated rings. The molecule has 1 saturated heterocycles. The molecule has 16 heavy (non-hydrogen) atoms. The lowest BCUT2D eigenvalue weighted by molar-refractivity contribution is 0.151. The highest BCUT2D eigenvalue weighted by atomic mass is 28.4. The summed E-state index contributed by atoms with van der Waals surface area (Å²) in [5, 5.41) is 0.221. The molecule has 0 spiro atoms. The minimum absolute atomic E-state index is 0.209. The molecule has 0 unspecified atom stereocenters. The molecule has 0 bridgehead atoms. The third kappa shape index (κ3) is 3.22. The smallest absolute Gasteiger partial charge is 0.410 e. The van der Waals surface area contributed by atoms with Crippen LogP contribution in [-0.4, -0.2) is 45.6 Å². The molecule has 0 aromatic heterocycles. The van der Waals surface area contributed by atoms with Crippen molar-refractivity contribution in [1.82, 2.24) is 4.90 Å². The van der Waals surface area contributed by atoms with Crippen LogP contribution in [-0.2, 0) is 9.16 Å². The molecule has 0 aromatic rings. The maximum atomic E-state index is 11.2. The number of hydrogen-bond acceptors (Lipinski definition) is 3. The fourth-order valence-corrected chi connectivity index (χ4v) is 2.29. The lowest BCUT2D eigenvalue weighted by atomic mass is 10.2. The van der Waals surface area contributed by atoms with Crippen LogP contribution in [0.4, 0.5) is 4.79 Å². The van der Waals surface area contributed by atoms with Crippen molar-refractivity contribution in [2.45, 2.75) is 38.9 Å². The summed E-state index contributed by atoms with van der Waals surface area (Å²) < 4.78 is 10.9. The second-order valence-corrected chi connectivity index (χ2v) is 10.5. The van der Waals surface area contributed by atoms with Gasteiger partial charge in [0.25, 0.3) is 0 Å². The molecule has 1 aliphatic heterocycles. The molecule has 94 valence electrons. The van der Waals surface area contributed by atoms with Crippen LogP contribution in [0, 0.1) is 0 Å². The van der Waals surface area contributed by atoms with Crippen molar-refractivity contribution >= 4 is 14.4 Å². The van der Waals surface area contributed by atoms with Gasteiger partial charge in [0.2, 0.25) is 0 Å². The quantitative estimate of drug-likeness (QED) is 0.714. The van der Waals surface area contributed by atoms with Crippen LogP contribution in [0.2, 0.25) is 18.1 Å². The van der Waals surface area contributed by atoms with Crippen molar-refractivity contribution in [3.63, 3.8) is 0 Å². The lowest BCUT2D eigenvalue weighted by Gasteiger charge is -2.36. The first-order valence-electron chi connectivity index (χ1n) is 5.80. The summed E-state index contributed by atoms with van der Waals surface area (Å²) in [5.41, 5.74) is 0. The minimum atomic E-state index is -1.68. The second kappa shape index (κ2) is 4.75. The second-order valence-electron chi connectivity index (χ2n) is 5.71. The number of rotatable bonds is 4. The highest BCUT2D eigenvalue weighted by Crippen LogP contribution is 2.36. The SMILES string of the molecule is CC(C)(C)[Si](C)(C)OCCN1CCOC1=O. The van der Waals surface area contributed by atoms with Crippen molar-refractivity contribution in [2.24, 2.45) is 0 Å². The molecule has 0 N–H and O–H groups in total. The predicted molar refractivity (Wildman–Crippen MR) is 66.1 cm³/mol. The van der Waals surface area contributed by atoms with E-state index in [1.165, 1.54) is 0 Å². The fourth-order valence-electron chi connectivity index (χ4n) is 1.26. The van der Waals surface area contributed by atoms with Crippen LogP contribution < -0.4 is 0 Å². The van der Waals surface area contributed by atoms with Crippen LogP contribution in [0.15, 0.2) is 0 Å². The van der Waals surface area contributed by atoms with E-state index < -0.39 is 8.32 Å². The lowest BCUT2D eigenvalue weighted by Crippen LogP contribution is -2.42. The van der Waals surface area contributed by atoms with Gasteiger partial charge in [0.15, 0.2) is 8.32 Å². The summed E-state index contributed by atoms with van der Waals surface area (Å²) in [6.45, 7) is 13.5. The van der Waals surface area contributed by atoms with Gasteiger partial charge in [-0.2, -0.15) is 0 Å². The van der Waals surface area contributed by atoms with Gasteiger partial charge in [0, 0.05) is 6.54 Å². The van der Waals surface area contributed by atoms with Crippen molar-refractivity contribution in [3.05, 3.63) is 0 Å². The van der Waals surface area contributed by atoms with Crippen LogP contribution in [0.1, 0.15) is 20.8 Å². The number of hydrogen-bond donors (Lipinski definition) is 0. The predicted octanol–water partition coefficient (Wildman–Crippen LogP) is 2.46. The number of nitrogens with zero attached hydrogens (tertiary/aromatic N) is 1. The average Bonchev–Trinajstić information content (AvgIpc) is 2.49. The minimum Gasteiger partial charge on any atom is -0.448 e. The molecule has 1 rings (SSSR count). The van der Waals surface area contributed by atoms with Gasteiger partial charge in [-0.25, -0.2) is 4.79 Å².